The van der Waals surface area contributed by atoms with Crippen molar-refractivity contribution < 1.29 is 24.5 Å². The lowest BCUT2D eigenvalue weighted by Gasteiger charge is -2.36. The Morgan fingerprint density at radius 3 is 2.36 bits per heavy atom. The number of halogens is 1. The van der Waals surface area contributed by atoms with Crippen molar-refractivity contribution in [3.63, 3.8) is 0 Å². The SMILES string of the molecule is Cc1ccccc1[C@H](CC(=O)O)NC(=O)c1cc(OC[C@](C)(O)C(C)(C)C)n(-c2ccccc2Cl)n1. The summed E-state index contributed by atoms with van der Waals surface area (Å²) in [6, 6.07) is 14.9. The molecule has 1 aromatic heterocycles. The summed E-state index contributed by atoms with van der Waals surface area (Å²) in [5, 5.41) is 27.9. The molecule has 2 atom stereocenters. The van der Waals surface area contributed by atoms with Crippen LogP contribution in [0.4, 0.5) is 0 Å². The predicted octanol–water partition coefficient (Wildman–Crippen LogP) is 4.96. The third-order valence-corrected chi connectivity index (χ3v) is 6.67. The van der Waals surface area contributed by atoms with E-state index >= 15 is 0 Å². The first-order chi connectivity index (χ1) is 16.8. The molecule has 0 saturated heterocycles. The summed E-state index contributed by atoms with van der Waals surface area (Å²) in [4.78, 5) is 24.8. The first kappa shape index (κ1) is 27.2. The summed E-state index contributed by atoms with van der Waals surface area (Å²) < 4.78 is 7.36. The standard InChI is InChI=1S/C27H32ClN3O5/c1-17-10-6-7-11-18(17)20(15-24(32)33)29-25(34)21-14-23(36-16-27(5,35)26(2,3)4)31(30-21)22-13-9-8-12-19(22)28/h6-14,20,35H,15-16H2,1-5H3,(H,29,34)(H,32,33)/t20-,27-/m0/s1. The molecule has 0 fully saturated rings. The number of aliphatic carboxylic acids is 1. The van der Waals surface area contributed by atoms with Gasteiger partial charge in [-0.2, -0.15) is 9.78 Å². The first-order valence-electron chi connectivity index (χ1n) is 11.6. The molecule has 1 heterocycles. The maximum Gasteiger partial charge on any atom is 0.305 e. The zero-order valence-corrected chi connectivity index (χ0v) is 21.8. The number of aliphatic hydroxyl groups is 1. The minimum atomic E-state index is -1.18. The molecule has 2 aromatic carbocycles. The molecule has 36 heavy (non-hydrogen) atoms. The topological polar surface area (TPSA) is 114 Å². The molecule has 0 aliphatic rings. The van der Waals surface area contributed by atoms with Crippen LogP contribution >= 0.6 is 11.6 Å². The minimum absolute atomic E-state index is 0.0179. The zero-order valence-electron chi connectivity index (χ0n) is 21.1. The summed E-state index contributed by atoms with van der Waals surface area (Å²) >= 11 is 6.39. The summed E-state index contributed by atoms with van der Waals surface area (Å²) in [7, 11) is 0. The molecule has 0 aliphatic heterocycles. The van der Waals surface area contributed by atoms with E-state index in [1.807, 2.05) is 39.8 Å². The molecule has 0 unspecified atom stereocenters. The molecule has 0 aliphatic carbocycles. The summed E-state index contributed by atoms with van der Waals surface area (Å²) in [5.41, 5.74) is 0.423. The molecule has 0 saturated carbocycles. The first-order valence-corrected chi connectivity index (χ1v) is 12.0. The molecule has 0 radical (unpaired) electrons. The van der Waals surface area contributed by atoms with Gasteiger partial charge in [0, 0.05) is 6.07 Å². The van der Waals surface area contributed by atoms with Gasteiger partial charge in [0.05, 0.1) is 23.2 Å². The second kappa shape index (κ2) is 10.7. The van der Waals surface area contributed by atoms with E-state index in [0.29, 0.717) is 16.3 Å². The van der Waals surface area contributed by atoms with Crippen LogP contribution in [0, 0.1) is 12.3 Å². The second-order valence-electron chi connectivity index (χ2n) is 10.0. The molecule has 3 rings (SSSR count). The monoisotopic (exact) mass is 513 g/mol. The molecule has 9 heteroatoms. The lowest BCUT2D eigenvalue weighted by Crippen LogP contribution is -2.45. The molecule has 3 N–H and O–H groups in total. The Balaban J connectivity index is 1.97. The molecule has 3 aromatic rings. The van der Waals surface area contributed by atoms with Crippen molar-refractivity contribution in [2.75, 3.05) is 6.61 Å². The van der Waals surface area contributed by atoms with Gasteiger partial charge in [0.15, 0.2) is 5.69 Å². The fraction of sp³-hybridized carbons (Fsp3) is 0.370. The Kier molecular flexibility index (Phi) is 8.11. The van der Waals surface area contributed by atoms with Crippen molar-refractivity contribution >= 4 is 23.5 Å². The highest BCUT2D eigenvalue weighted by molar-refractivity contribution is 6.32. The Morgan fingerprint density at radius 2 is 1.75 bits per heavy atom. The number of aromatic nitrogens is 2. The van der Waals surface area contributed by atoms with Gasteiger partial charge in [0.25, 0.3) is 5.91 Å². The molecule has 192 valence electrons. The number of carboxylic acids is 1. The number of rotatable bonds is 9. The highest BCUT2D eigenvalue weighted by atomic mass is 35.5. The van der Waals surface area contributed by atoms with E-state index in [9.17, 15) is 19.8 Å². The number of hydrogen-bond donors (Lipinski definition) is 3. The van der Waals surface area contributed by atoms with Crippen molar-refractivity contribution in [1.29, 1.82) is 0 Å². The number of benzene rings is 2. The van der Waals surface area contributed by atoms with Gasteiger partial charge in [0.1, 0.15) is 12.2 Å². The van der Waals surface area contributed by atoms with Gasteiger partial charge in [-0.3, -0.25) is 9.59 Å². The lowest BCUT2D eigenvalue weighted by molar-refractivity contribution is -0.137. The molecule has 0 bridgehead atoms. The average Bonchev–Trinajstić information content (AvgIpc) is 3.21. The number of nitrogens with one attached hydrogen (secondary N) is 1. The Hall–Kier alpha value is -3.36. The largest absolute Gasteiger partial charge is 0.481 e. The van der Waals surface area contributed by atoms with E-state index in [2.05, 4.69) is 10.4 Å². The van der Waals surface area contributed by atoms with E-state index in [-0.39, 0.29) is 24.6 Å². The number of carbonyl (C=O) groups excluding carboxylic acids is 1. The van der Waals surface area contributed by atoms with E-state index in [0.717, 1.165) is 5.56 Å². The van der Waals surface area contributed by atoms with Gasteiger partial charge >= 0.3 is 5.97 Å². The van der Waals surface area contributed by atoms with E-state index in [1.54, 1.807) is 43.3 Å². The third-order valence-electron chi connectivity index (χ3n) is 6.35. The molecule has 1 amide bonds. The lowest BCUT2D eigenvalue weighted by atomic mass is 9.78. The number of carboxylic acid groups (broad SMARTS) is 1. The van der Waals surface area contributed by atoms with E-state index in [1.165, 1.54) is 10.7 Å². The number of aryl methyl sites for hydroxylation is 1. The van der Waals surface area contributed by atoms with Crippen LogP contribution in [0.25, 0.3) is 5.69 Å². The van der Waals surface area contributed by atoms with Gasteiger partial charge in [-0.05, 0) is 42.5 Å². The van der Waals surface area contributed by atoms with Crippen LogP contribution in [0.1, 0.15) is 61.8 Å². The number of amides is 1. The van der Waals surface area contributed by atoms with Crippen LogP contribution < -0.4 is 10.1 Å². The maximum absolute atomic E-state index is 13.2. The van der Waals surface area contributed by atoms with E-state index < -0.39 is 28.9 Å². The summed E-state index contributed by atoms with van der Waals surface area (Å²) in [6.07, 6.45) is -0.292. The third kappa shape index (κ3) is 6.25. The van der Waals surface area contributed by atoms with Crippen LogP contribution in [-0.2, 0) is 4.79 Å². The number of ether oxygens (including phenoxy) is 1. The van der Waals surface area contributed by atoms with Gasteiger partial charge < -0.3 is 20.3 Å². The fourth-order valence-electron chi connectivity index (χ4n) is 3.43. The Labute approximate surface area is 215 Å². The highest BCUT2D eigenvalue weighted by Gasteiger charge is 2.36. The van der Waals surface area contributed by atoms with Crippen molar-refractivity contribution in [3.05, 3.63) is 76.4 Å². The van der Waals surface area contributed by atoms with Crippen molar-refractivity contribution in [2.24, 2.45) is 5.41 Å². The second-order valence-corrected chi connectivity index (χ2v) is 10.4. The molecular weight excluding hydrogens is 482 g/mol. The van der Waals surface area contributed by atoms with Crippen LogP contribution in [0.3, 0.4) is 0 Å². The average molecular weight is 514 g/mol. The summed E-state index contributed by atoms with van der Waals surface area (Å²) in [5.74, 6) is -1.40. The Bertz CT molecular complexity index is 1250. The van der Waals surface area contributed by atoms with Gasteiger partial charge in [0.2, 0.25) is 5.88 Å². The zero-order chi connectivity index (χ0) is 26.7. The van der Waals surface area contributed by atoms with Crippen LogP contribution in [0.5, 0.6) is 5.88 Å². The van der Waals surface area contributed by atoms with Gasteiger partial charge in [-0.15, -0.1) is 0 Å². The van der Waals surface area contributed by atoms with E-state index in [4.69, 9.17) is 16.3 Å². The Morgan fingerprint density at radius 1 is 1.11 bits per heavy atom. The fourth-order valence-corrected chi connectivity index (χ4v) is 3.64. The van der Waals surface area contributed by atoms with Gasteiger partial charge in [-0.25, -0.2) is 0 Å². The summed E-state index contributed by atoms with van der Waals surface area (Å²) in [6.45, 7) is 9.17. The van der Waals surface area contributed by atoms with Crippen LogP contribution in [0.2, 0.25) is 5.02 Å². The van der Waals surface area contributed by atoms with Crippen LogP contribution in [-0.4, -0.2) is 44.1 Å². The number of para-hydroxylation sites is 1. The predicted molar refractivity (Wildman–Crippen MR) is 138 cm³/mol. The number of carbonyl (C=O) groups is 2. The quantitative estimate of drug-likeness (QED) is 0.373. The molecular formula is C27H32ClN3O5. The maximum atomic E-state index is 13.2. The number of hydrogen-bond acceptors (Lipinski definition) is 5. The molecule has 0 spiro atoms. The minimum Gasteiger partial charge on any atom is -0.481 e. The van der Waals surface area contributed by atoms with Crippen molar-refractivity contribution in [2.45, 2.75) is 52.7 Å². The normalized spacial score (nSPS) is 14.1. The highest BCUT2D eigenvalue weighted by Crippen LogP contribution is 2.32. The van der Waals surface area contributed by atoms with Crippen molar-refractivity contribution in [3.8, 4) is 11.6 Å². The van der Waals surface area contributed by atoms with Crippen molar-refractivity contribution in [1.82, 2.24) is 15.1 Å². The smallest absolute Gasteiger partial charge is 0.305 e. The number of nitrogens with zero attached hydrogens (tertiary/aromatic N) is 2. The molecule has 8 nitrogen and oxygen atoms in total. The van der Waals surface area contributed by atoms with Crippen LogP contribution in [0.15, 0.2) is 54.6 Å². The van der Waals surface area contributed by atoms with Gasteiger partial charge in [-0.1, -0.05) is 68.8 Å².